The van der Waals surface area contributed by atoms with Crippen LogP contribution in [-0.4, -0.2) is 12.7 Å². The topological polar surface area (TPSA) is 9.23 Å². The van der Waals surface area contributed by atoms with Gasteiger partial charge >= 0.3 is 0 Å². The van der Waals surface area contributed by atoms with Crippen molar-refractivity contribution in [2.45, 2.75) is 32.3 Å². The van der Waals surface area contributed by atoms with E-state index in [4.69, 9.17) is 4.74 Å². The highest BCUT2D eigenvalue weighted by Crippen LogP contribution is 2.57. The summed E-state index contributed by atoms with van der Waals surface area (Å²) >= 11 is 0. The van der Waals surface area contributed by atoms with Gasteiger partial charge in [-0.25, -0.2) is 0 Å². The first-order valence-corrected chi connectivity index (χ1v) is 5.68. The van der Waals surface area contributed by atoms with Crippen LogP contribution in [0.2, 0.25) is 0 Å². The second-order valence-electron chi connectivity index (χ2n) is 4.79. The van der Waals surface area contributed by atoms with Crippen LogP contribution in [0.5, 0.6) is 0 Å². The van der Waals surface area contributed by atoms with Gasteiger partial charge in [0.05, 0.1) is 6.10 Å². The quantitative estimate of drug-likeness (QED) is 0.591. The maximum Gasteiger partial charge on any atom is 0.0611 e. The Kier molecular flexibility index (Phi) is 1.76. The predicted molar refractivity (Wildman–Crippen MR) is 52.4 cm³/mol. The molecule has 3 rings (SSSR count). The molecule has 0 aromatic heterocycles. The van der Waals surface area contributed by atoms with E-state index in [1.54, 1.807) is 0 Å². The molecule has 0 radical (unpaired) electrons. The summed E-state index contributed by atoms with van der Waals surface area (Å²) in [5.41, 5.74) is 0. The Morgan fingerprint density at radius 3 is 3.08 bits per heavy atom. The van der Waals surface area contributed by atoms with Gasteiger partial charge in [-0.2, -0.15) is 0 Å². The van der Waals surface area contributed by atoms with Gasteiger partial charge in [0.25, 0.3) is 0 Å². The molecule has 5 atom stereocenters. The number of hydrogen-bond acceptors (Lipinski definition) is 1. The van der Waals surface area contributed by atoms with Crippen molar-refractivity contribution in [3.05, 3.63) is 12.2 Å². The van der Waals surface area contributed by atoms with Gasteiger partial charge in [-0.05, 0) is 49.9 Å². The van der Waals surface area contributed by atoms with Gasteiger partial charge in [-0.1, -0.05) is 12.2 Å². The fraction of sp³-hybridized carbons (Fsp3) is 0.833. The van der Waals surface area contributed by atoms with Gasteiger partial charge in [0.2, 0.25) is 0 Å². The van der Waals surface area contributed by atoms with Crippen LogP contribution in [0.25, 0.3) is 0 Å². The Labute approximate surface area is 80.2 Å². The molecule has 0 amide bonds. The Bertz CT molecular complexity index is 233. The molecule has 3 aliphatic carbocycles. The third kappa shape index (κ3) is 1.03. The third-order valence-electron chi connectivity index (χ3n) is 4.33. The van der Waals surface area contributed by atoms with E-state index in [1.165, 1.54) is 19.3 Å². The molecule has 72 valence electrons. The summed E-state index contributed by atoms with van der Waals surface area (Å²) in [6.45, 7) is 3.02. The van der Waals surface area contributed by atoms with Crippen LogP contribution < -0.4 is 0 Å². The molecule has 3 aliphatic rings. The summed E-state index contributed by atoms with van der Waals surface area (Å²) in [6.07, 6.45) is 9.60. The monoisotopic (exact) mass is 178 g/mol. The van der Waals surface area contributed by atoms with E-state index in [1.807, 2.05) is 0 Å². The van der Waals surface area contributed by atoms with Crippen LogP contribution in [0, 0.1) is 23.7 Å². The average molecular weight is 178 g/mol. The molecule has 0 aliphatic heterocycles. The van der Waals surface area contributed by atoms with E-state index < -0.39 is 0 Å². The number of hydrogen-bond donors (Lipinski definition) is 0. The van der Waals surface area contributed by atoms with Gasteiger partial charge in [-0.15, -0.1) is 0 Å². The normalized spacial score (nSPS) is 51.6. The molecule has 0 N–H and O–H groups in total. The zero-order valence-electron chi connectivity index (χ0n) is 8.28. The van der Waals surface area contributed by atoms with E-state index in [9.17, 15) is 0 Å². The lowest BCUT2D eigenvalue weighted by Gasteiger charge is -2.30. The summed E-state index contributed by atoms with van der Waals surface area (Å²) in [7, 11) is 0. The number of ether oxygens (including phenoxy) is 1. The van der Waals surface area contributed by atoms with Gasteiger partial charge < -0.3 is 4.74 Å². The minimum atomic E-state index is 0.596. The first-order valence-electron chi connectivity index (χ1n) is 5.68. The lowest BCUT2D eigenvalue weighted by Crippen LogP contribution is -2.30. The summed E-state index contributed by atoms with van der Waals surface area (Å²) < 4.78 is 5.81. The van der Waals surface area contributed by atoms with Gasteiger partial charge in [0, 0.05) is 6.61 Å². The molecule has 0 aromatic carbocycles. The van der Waals surface area contributed by atoms with Crippen LogP contribution in [0.1, 0.15) is 26.2 Å². The predicted octanol–water partition coefficient (Wildman–Crippen LogP) is 2.62. The van der Waals surface area contributed by atoms with Crippen LogP contribution in [0.15, 0.2) is 12.2 Å². The van der Waals surface area contributed by atoms with Crippen LogP contribution in [0.4, 0.5) is 0 Å². The summed E-state index contributed by atoms with van der Waals surface area (Å²) in [5.74, 6) is 3.74. The second kappa shape index (κ2) is 2.84. The van der Waals surface area contributed by atoms with E-state index >= 15 is 0 Å². The van der Waals surface area contributed by atoms with Gasteiger partial charge in [-0.3, -0.25) is 0 Å². The van der Waals surface area contributed by atoms with Gasteiger partial charge in [0.15, 0.2) is 0 Å². The number of allylic oxidation sites excluding steroid dienone is 2. The maximum atomic E-state index is 5.81. The molecule has 0 saturated heterocycles. The highest BCUT2D eigenvalue weighted by molar-refractivity contribution is 5.14. The highest BCUT2D eigenvalue weighted by Gasteiger charge is 2.52. The smallest absolute Gasteiger partial charge is 0.0611 e. The number of fused-ring (bicyclic) bond motifs is 5. The molecule has 0 aromatic rings. The van der Waals surface area contributed by atoms with E-state index in [0.29, 0.717) is 6.10 Å². The molecule has 1 heteroatoms. The first kappa shape index (κ1) is 8.05. The highest BCUT2D eigenvalue weighted by atomic mass is 16.5. The largest absolute Gasteiger partial charge is 0.378 e. The van der Waals surface area contributed by atoms with Crippen LogP contribution >= 0.6 is 0 Å². The Morgan fingerprint density at radius 2 is 2.23 bits per heavy atom. The lowest BCUT2D eigenvalue weighted by molar-refractivity contribution is 0.00243. The Hall–Kier alpha value is -0.300. The van der Waals surface area contributed by atoms with Gasteiger partial charge in [0.1, 0.15) is 0 Å². The first-order chi connectivity index (χ1) is 6.40. The minimum absolute atomic E-state index is 0.596. The van der Waals surface area contributed by atoms with Crippen molar-refractivity contribution in [3.63, 3.8) is 0 Å². The SMILES string of the molecule is CCO[C@@H]1C[C@H]2C[C@@H]1[C@@H]1C=CC[C@H]21. The Balaban J connectivity index is 1.77. The molecular formula is C12H18O. The van der Waals surface area contributed by atoms with Crippen molar-refractivity contribution in [1.82, 2.24) is 0 Å². The third-order valence-corrected chi connectivity index (χ3v) is 4.33. The molecule has 2 fully saturated rings. The standard InChI is InChI=1S/C12H18O/c1-2-13-12-7-8-6-11(12)10-5-3-4-9(8)10/h3,5,8-12H,2,4,6-7H2,1H3/t8-,9-,10-,11-,12-/m1/s1. The zero-order valence-corrected chi connectivity index (χ0v) is 8.28. The second-order valence-corrected chi connectivity index (χ2v) is 4.79. The molecule has 0 spiro atoms. The average Bonchev–Trinajstić information content (AvgIpc) is 2.72. The van der Waals surface area contributed by atoms with Crippen molar-refractivity contribution in [1.29, 1.82) is 0 Å². The van der Waals surface area contributed by atoms with E-state index in [-0.39, 0.29) is 0 Å². The number of rotatable bonds is 2. The Morgan fingerprint density at radius 1 is 1.31 bits per heavy atom. The summed E-state index contributed by atoms with van der Waals surface area (Å²) in [6, 6.07) is 0. The molecule has 13 heavy (non-hydrogen) atoms. The fourth-order valence-corrected chi connectivity index (χ4v) is 3.89. The van der Waals surface area contributed by atoms with Crippen LogP contribution in [-0.2, 0) is 4.74 Å². The van der Waals surface area contributed by atoms with Crippen molar-refractivity contribution in [2.24, 2.45) is 23.7 Å². The van der Waals surface area contributed by atoms with E-state index in [0.717, 1.165) is 30.3 Å². The molecular weight excluding hydrogens is 160 g/mol. The maximum absolute atomic E-state index is 5.81. The van der Waals surface area contributed by atoms with Crippen molar-refractivity contribution in [3.8, 4) is 0 Å². The minimum Gasteiger partial charge on any atom is -0.378 e. The molecule has 0 unspecified atom stereocenters. The molecule has 0 heterocycles. The summed E-state index contributed by atoms with van der Waals surface area (Å²) in [4.78, 5) is 0. The molecule has 2 saturated carbocycles. The fourth-order valence-electron chi connectivity index (χ4n) is 3.89. The zero-order chi connectivity index (χ0) is 8.84. The van der Waals surface area contributed by atoms with Crippen molar-refractivity contribution in [2.75, 3.05) is 6.61 Å². The van der Waals surface area contributed by atoms with Crippen molar-refractivity contribution < 1.29 is 4.74 Å². The molecule has 1 nitrogen and oxygen atoms in total. The van der Waals surface area contributed by atoms with E-state index in [2.05, 4.69) is 19.1 Å². The molecule has 2 bridgehead atoms. The van der Waals surface area contributed by atoms with Crippen LogP contribution in [0.3, 0.4) is 0 Å². The summed E-state index contributed by atoms with van der Waals surface area (Å²) in [5, 5.41) is 0. The lowest BCUT2D eigenvalue weighted by atomic mass is 9.80. The van der Waals surface area contributed by atoms with Crippen molar-refractivity contribution >= 4 is 0 Å².